The molecule has 26 nitrogen and oxygen atoms in total. The Labute approximate surface area is 457 Å². The average molecular weight is 1110 g/mol. The number of ether oxygens (including phenoxy) is 6. The Morgan fingerprint density at radius 3 is 1.27 bits per heavy atom. The summed E-state index contributed by atoms with van der Waals surface area (Å²) in [5.41, 5.74) is 14.0. The number of fused-ring (bicyclic) bond motifs is 16. The zero-order valence-corrected chi connectivity index (χ0v) is 44.4. The first kappa shape index (κ1) is 48.3. The van der Waals surface area contributed by atoms with Crippen LogP contribution in [0.15, 0.2) is 149 Å². The highest BCUT2D eigenvalue weighted by Gasteiger charge is 2.61. The van der Waals surface area contributed by atoms with Crippen LogP contribution in [0.3, 0.4) is 0 Å². The van der Waals surface area contributed by atoms with Crippen LogP contribution in [0.5, 0.6) is 0 Å². The number of aromatic nitrogens is 8. The van der Waals surface area contributed by atoms with Crippen molar-refractivity contribution in [1.29, 1.82) is 0 Å². The van der Waals surface area contributed by atoms with Gasteiger partial charge in [0.2, 0.25) is 11.9 Å². The summed E-state index contributed by atoms with van der Waals surface area (Å²) < 4.78 is 62.3. The van der Waals surface area contributed by atoms with Crippen molar-refractivity contribution in [2.75, 3.05) is 24.7 Å². The SMILES string of the molecule is CC1(C)OC2C(O1)[C@@H](CO[Si]1(OC[C@H]3O[C@@H](n4cnc(N)nc4=O)C4OC(C)(C)OC43)n3c4c5ccccc5c3N=C3N=C(N=c5c6ccccc6c(n51)=NC1=NC(=N4)c4ccccc41)c1ccccc13)O[C@H]2n1cnc(N)nc1=O. The van der Waals surface area contributed by atoms with E-state index in [0.29, 0.717) is 67.5 Å². The summed E-state index contributed by atoms with van der Waals surface area (Å²) in [7, 11) is -4.99. The molecule has 4 saturated heterocycles. The summed E-state index contributed by atoms with van der Waals surface area (Å²) in [6.07, 6.45) is -5.04. The van der Waals surface area contributed by atoms with E-state index < -0.39 is 80.9 Å². The third kappa shape index (κ3) is 7.27. The summed E-state index contributed by atoms with van der Waals surface area (Å²) in [6.45, 7) is 6.53. The number of hydrogen-bond acceptors (Lipinski definition) is 22. The molecule has 0 amide bonds. The Bertz CT molecular complexity index is 4200. The van der Waals surface area contributed by atoms with Crippen LogP contribution < -0.4 is 33.8 Å². The lowest BCUT2D eigenvalue weighted by atomic mass is 10.1. The minimum atomic E-state index is -4.99. The highest BCUT2D eigenvalue weighted by atomic mass is 28.4. The van der Waals surface area contributed by atoms with Gasteiger partial charge in [-0.25, -0.2) is 49.5 Å². The van der Waals surface area contributed by atoms with Crippen molar-refractivity contribution in [2.45, 2.75) is 88.3 Å². The van der Waals surface area contributed by atoms with Crippen molar-refractivity contribution in [1.82, 2.24) is 37.5 Å². The Morgan fingerprint density at radius 1 is 0.494 bits per heavy atom. The van der Waals surface area contributed by atoms with Crippen LogP contribution in [-0.2, 0) is 37.3 Å². The number of hydrogen-bond donors (Lipinski definition) is 2. The molecule has 0 radical (unpaired) electrons. The van der Waals surface area contributed by atoms with Crippen LogP contribution in [0.1, 0.15) is 62.4 Å². The lowest BCUT2D eigenvalue weighted by Gasteiger charge is -2.35. The average Bonchev–Trinajstić information content (AvgIpc) is 3.06. The van der Waals surface area contributed by atoms with Crippen LogP contribution in [0, 0.1) is 0 Å². The molecule has 6 bridgehead atoms. The van der Waals surface area contributed by atoms with Gasteiger partial charge in [0.15, 0.2) is 47.4 Å². The Balaban J connectivity index is 0.992. The highest BCUT2D eigenvalue weighted by Crippen LogP contribution is 2.48. The minimum absolute atomic E-state index is 0.205. The molecule has 8 atom stereocenters. The third-order valence-corrected chi connectivity index (χ3v) is 18.5. The second-order valence-corrected chi connectivity index (χ2v) is 23.9. The van der Waals surface area contributed by atoms with Gasteiger partial charge in [0.25, 0.3) is 0 Å². The molecule has 12 heterocycles. The van der Waals surface area contributed by atoms with E-state index in [0.717, 1.165) is 22.3 Å². The second kappa shape index (κ2) is 17.2. The Hall–Kier alpha value is -8.64. The molecule has 8 aliphatic heterocycles. The van der Waals surface area contributed by atoms with E-state index >= 15 is 0 Å². The van der Waals surface area contributed by atoms with E-state index in [-0.39, 0.29) is 25.1 Å². The summed E-state index contributed by atoms with van der Waals surface area (Å²) in [6, 6.07) is 31.1. The number of aliphatic imine (C=N–C) groups is 4. The van der Waals surface area contributed by atoms with Crippen LogP contribution in [0.4, 0.5) is 23.5 Å². The van der Waals surface area contributed by atoms with Crippen molar-refractivity contribution < 1.29 is 37.3 Å². The molecule has 4 aromatic heterocycles. The molecule has 8 aliphatic rings. The van der Waals surface area contributed by atoms with Gasteiger partial charge >= 0.3 is 20.3 Å². The maximum atomic E-state index is 13.6. The van der Waals surface area contributed by atoms with Gasteiger partial charge < -0.3 is 48.7 Å². The first-order valence-electron chi connectivity index (χ1n) is 26.2. The van der Waals surface area contributed by atoms with E-state index in [9.17, 15) is 9.59 Å². The smallest absolute Gasteiger partial charge is 0.368 e. The summed E-state index contributed by atoms with van der Waals surface area (Å²) in [5.74, 6) is -0.446. The fourth-order valence-electron chi connectivity index (χ4n) is 12.2. The van der Waals surface area contributed by atoms with Crippen LogP contribution in [0.2, 0.25) is 0 Å². The van der Waals surface area contributed by atoms with Gasteiger partial charge in [-0.15, -0.1) is 0 Å². The molecule has 406 valence electrons. The largest absolute Gasteiger partial charge is 0.603 e. The predicted molar refractivity (Wildman–Crippen MR) is 290 cm³/mol. The van der Waals surface area contributed by atoms with E-state index in [1.807, 2.05) is 106 Å². The van der Waals surface area contributed by atoms with Crippen molar-refractivity contribution in [3.8, 4) is 0 Å². The molecule has 27 heteroatoms. The van der Waals surface area contributed by atoms with Crippen molar-refractivity contribution >= 4 is 77.3 Å². The molecule has 4 N–H and O–H groups in total. The number of nitrogens with zero attached hydrogens (tertiary/aromatic N) is 14. The molecule has 8 aromatic rings. The summed E-state index contributed by atoms with van der Waals surface area (Å²) >= 11 is 0. The normalized spacial score (nSPS) is 27.6. The van der Waals surface area contributed by atoms with Crippen LogP contribution >= 0.6 is 0 Å². The molecule has 4 fully saturated rings. The fraction of sp³-hybridized carbons (Fsp3) is 0.296. The van der Waals surface area contributed by atoms with Crippen LogP contribution in [0.25, 0.3) is 21.5 Å². The number of nitrogens with two attached hydrogens (primary N) is 2. The van der Waals surface area contributed by atoms with Gasteiger partial charge in [-0.05, 0) is 27.7 Å². The molecular formula is C54H46N16O10Si. The quantitative estimate of drug-likeness (QED) is 0.207. The Morgan fingerprint density at radius 2 is 0.864 bits per heavy atom. The zero-order valence-electron chi connectivity index (χ0n) is 43.4. The lowest BCUT2D eigenvalue weighted by molar-refractivity contribution is -0.202. The second-order valence-electron chi connectivity index (χ2n) is 21.4. The summed E-state index contributed by atoms with van der Waals surface area (Å²) in [5, 5.41) is 2.67. The van der Waals surface area contributed by atoms with Gasteiger partial charge in [0.1, 0.15) is 71.9 Å². The molecule has 4 unspecified atom stereocenters. The minimum Gasteiger partial charge on any atom is -0.368 e. The van der Waals surface area contributed by atoms with Gasteiger partial charge in [-0.1, -0.05) is 97.1 Å². The van der Waals surface area contributed by atoms with Crippen LogP contribution in [-0.4, -0.2) is 131 Å². The number of nitrogen functional groups attached to an aromatic ring is 2. The lowest BCUT2D eigenvalue weighted by Crippen LogP contribution is -2.65. The molecular weight excluding hydrogens is 1060 g/mol. The summed E-state index contributed by atoms with van der Waals surface area (Å²) in [4.78, 5) is 76.0. The predicted octanol–water partition coefficient (Wildman–Crippen LogP) is 2.71. The highest BCUT2D eigenvalue weighted by molar-refractivity contribution is 6.66. The molecule has 0 saturated carbocycles. The van der Waals surface area contributed by atoms with Gasteiger partial charge in [-0.3, -0.25) is 17.6 Å². The van der Waals surface area contributed by atoms with E-state index in [1.54, 1.807) is 27.7 Å². The first-order chi connectivity index (χ1) is 39.2. The third-order valence-electron chi connectivity index (χ3n) is 15.5. The Kier molecular flexibility index (Phi) is 10.2. The van der Waals surface area contributed by atoms with Gasteiger partial charge in [0.05, 0.1) is 13.2 Å². The molecule has 0 aliphatic carbocycles. The van der Waals surface area contributed by atoms with E-state index in [2.05, 4.69) is 19.9 Å². The molecule has 16 rings (SSSR count). The van der Waals surface area contributed by atoms with Gasteiger partial charge in [0, 0.05) is 43.8 Å². The zero-order chi connectivity index (χ0) is 54.8. The van der Waals surface area contributed by atoms with Gasteiger partial charge in [-0.2, -0.15) is 9.97 Å². The number of anilines is 2. The fourth-order valence-corrected chi connectivity index (χ4v) is 15.5. The number of benzene rings is 4. The first-order valence-corrected chi connectivity index (χ1v) is 27.9. The number of rotatable bonds is 8. The van der Waals surface area contributed by atoms with E-state index in [1.165, 1.54) is 21.8 Å². The van der Waals surface area contributed by atoms with Crippen molar-refractivity contribution in [3.63, 3.8) is 0 Å². The molecule has 0 spiro atoms. The van der Waals surface area contributed by atoms with Crippen molar-refractivity contribution in [3.05, 3.63) is 164 Å². The maximum Gasteiger partial charge on any atom is 0.603 e. The monoisotopic (exact) mass is 1110 g/mol. The molecule has 81 heavy (non-hydrogen) atoms. The van der Waals surface area contributed by atoms with Crippen molar-refractivity contribution in [2.24, 2.45) is 30.0 Å². The molecule has 4 aromatic carbocycles. The standard InChI is InChI=1S/C54H46N16O10Si/c1-53(2)77-35-33(75-47(37(35)79-53)67-23-57-49(55)65-51(67)71)21-73-81(74-22-34-36-38(80-54(3,4)78-36)48(76-34)68-24-58-50(56)66-52(68)72)69-43-29-17-9-10-18-30(29)45(69)63-41-27-15-7-8-16-28(27)42(60-41)64-46-32-20-12-11-19-31(32)44(70(46)81)62-40-26-14-6-5-13-25(26)39(59-40)61-43/h5-20,23-24,33-38,47-48H,21-22H2,1-4H3,(H2,55,65,71)(H2,56,66,72)/t33-,34-,35?,36?,37?,38?,47-,48-,81?/m1/s1. The van der Waals surface area contributed by atoms with E-state index in [4.69, 9.17) is 78.7 Å². The number of amidine groups is 4. The topological polar surface area (TPSA) is 305 Å². The maximum absolute atomic E-state index is 13.6.